The SMILES string of the molecule is CCCn1ncc(CN(C)CC2CCCN(CCc3ccc(F)cc3)C2)c1C. The number of rotatable bonds is 9. The van der Waals surface area contributed by atoms with Crippen molar-refractivity contribution in [1.82, 2.24) is 19.6 Å². The smallest absolute Gasteiger partial charge is 0.123 e. The van der Waals surface area contributed by atoms with E-state index in [0.29, 0.717) is 0 Å². The molecule has 0 spiro atoms. The second-order valence-electron chi connectivity index (χ2n) is 8.36. The van der Waals surface area contributed by atoms with Gasteiger partial charge in [0.15, 0.2) is 0 Å². The molecular formula is C23H35FN4. The van der Waals surface area contributed by atoms with Crippen LogP contribution in [0.15, 0.2) is 30.5 Å². The van der Waals surface area contributed by atoms with E-state index in [9.17, 15) is 4.39 Å². The molecule has 1 unspecified atom stereocenters. The van der Waals surface area contributed by atoms with Crippen molar-refractivity contribution in [3.05, 3.63) is 53.1 Å². The van der Waals surface area contributed by atoms with Gasteiger partial charge in [0.1, 0.15) is 5.82 Å². The first-order valence-electron chi connectivity index (χ1n) is 10.7. The van der Waals surface area contributed by atoms with Crippen LogP contribution in [-0.4, -0.2) is 52.8 Å². The van der Waals surface area contributed by atoms with Gasteiger partial charge in [-0.1, -0.05) is 19.1 Å². The molecule has 1 saturated heterocycles. The fourth-order valence-corrected chi connectivity index (χ4v) is 4.32. The molecule has 0 amide bonds. The molecule has 3 rings (SSSR count). The number of hydrogen-bond donors (Lipinski definition) is 0. The number of nitrogens with zero attached hydrogens (tertiary/aromatic N) is 4. The van der Waals surface area contributed by atoms with Crippen molar-refractivity contribution in [2.45, 2.75) is 52.6 Å². The van der Waals surface area contributed by atoms with Gasteiger partial charge in [0.05, 0.1) is 6.20 Å². The largest absolute Gasteiger partial charge is 0.303 e. The van der Waals surface area contributed by atoms with E-state index in [0.717, 1.165) is 44.9 Å². The number of piperidine rings is 1. The highest BCUT2D eigenvalue weighted by atomic mass is 19.1. The average molecular weight is 387 g/mol. The Balaban J connectivity index is 1.45. The number of halogens is 1. The summed E-state index contributed by atoms with van der Waals surface area (Å²) in [6.07, 6.45) is 6.74. The minimum absolute atomic E-state index is 0.153. The van der Waals surface area contributed by atoms with Crippen LogP contribution in [0, 0.1) is 18.7 Å². The van der Waals surface area contributed by atoms with Crippen LogP contribution in [0.25, 0.3) is 0 Å². The second-order valence-corrected chi connectivity index (χ2v) is 8.36. The maximum atomic E-state index is 13.1. The van der Waals surface area contributed by atoms with E-state index in [1.165, 1.54) is 42.8 Å². The molecule has 1 aliphatic heterocycles. The number of benzene rings is 1. The summed E-state index contributed by atoms with van der Waals surface area (Å²) in [4.78, 5) is 5.03. The molecule has 154 valence electrons. The van der Waals surface area contributed by atoms with Crippen molar-refractivity contribution >= 4 is 0 Å². The van der Waals surface area contributed by atoms with Gasteiger partial charge < -0.3 is 9.80 Å². The van der Waals surface area contributed by atoms with E-state index in [-0.39, 0.29) is 5.82 Å². The first-order chi connectivity index (χ1) is 13.5. The quantitative estimate of drug-likeness (QED) is 0.648. The van der Waals surface area contributed by atoms with Gasteiger partial charge in [-0.2, -0.15) is 5.10 Å². The number of likely N-dealkylation sites (tertiary alicyclic amines) is 1. The minimum atomic E-state index is -0.153. The van der Waals surface area contributed by atoms with Crippen LogP contribution in [0.2, 0.25) is 0 Å². The maximum Gasteiger partial charge on any atom is 0.123 e. The predicted octanol–water partition coefficient (Wildman–Crippen LogP) is 4.13. The lowest BCUT2D eigenvalue weighted by molar-refractivity contribution is 0.142. The Kier molecular flexibility index (Phi) is 7.63. The van der Waals surface area contributed by atoms with E-state index in [1.807, 2.05) is 18.3 Å². The van der Waals surface area contributed by atoms with Gasteiger partial charge in [-0.15, -0.1) is 0 Å². The molecule has 0 saturated carbocycles. The lowest BCUT2D eigenvalue weighted by Crippen LogP contribution is -2.40. The Bertz CT molecular complexity index is 725. The van der Waals surface area contributed by atoms with Crippen LogP contribution in [-0.2, 0) is 19.5 Å². The van der Waals surface area contributed by atoms with Crippen LogP contribution in [0.3, 0.4) is 0 Å². The molecule has 0 bridgehead atoms. The van der Waals surface area contributed by atoms with Gasteiger partial charge in [-0.05, 0) is 69.8 Å². The summed E-state index contributed by atoms with van der Waals surface area (Å²) in [5, 5.41) is 4.53. The molecule has 4 nitrogen and oxygen atoms in total. The highest BCUT2D eigenvalue weighted by Gasteiger charge is 2.21. The van der Waals surface area contributed by atoms with Crippen LogP contribution in [0.1, 0.15) is 43.0 Å². The van der Waals surface area contributed by atoms with Gasteiger partial charge in [0.2, 0.25) is 0 Å². The highest BCUT2D eigenvalue weighted by Crippen LogP contribution is 2.19. The fourth-order valence-electron chi connectivity index (χ4n) is 4.32. The Labute approximate surface area is 169 Å². The minimum Gasteiger partial charge on any atom is -0.303 e. The Morgan fingerprint density at radius 1 is 1.21 bits per heavy atom. The van der Waals surface area contributed by atoms with Crippen molar-refractivity contribution in [2.24, 2.45) is 5.92 Å². The van der Waals surface area contributed by atoms with E-state index in [2.05, 4.69) is 40.5 Å². The van der Waals surface area contributed by atoms with Crippen molar-refractivity contribution < 1.29 is 4.39 Å². The molecule has 1 aromatic carbocycles. The summed E-state index contributed by atoms with van der Waals surface area (Å²) >= 11 is 0. The normalized spacial score (nSPS) is 18.1. The lowest BCUT2D eigenvalue weighted by atomic mass is 9.97. The molecule has 0 radical (unpaired) electrons. The van der Waals surface area contributed by atoms with Gasteiger partial charge in [0.25, 0.3) is 0 Å². The zero-order chi connectivity index (χ0) is 19.9. The van der Waals surface area contributed by atoms with Crippen LogP contribution in [0.5, 0.6) is 0 Å². The summed E-state index contributed by atoms with van der Waals surface area (Å²) in [6, 6.07) is 6.94. The second kappa shape index (κ2) is 10.2. The van der Waals surface area contributed by atoms with Crippen LogP contribution >= 0.6 is 0 Å². The molecule has 2 heterocycles. The van der Waals surface area contributed by atoms with Gasteiger partial charge in [-0.3, -0.25) is 4.68 Å². The third-order valence-corrected chi connectivity index (χ3v) is 5.88. The number of hydrogen-bond acceptors (Lipinski definition) is 3. The zero-order valence-electron chi connectivity index (χ0n) is 17.7. The van der Waals surface area contributed by atoms with Crippen LogP contribution in [0.4, 0.5) is 4.39 Å². The molecule has 0 N–H and O–H groups in total. The molecule has 1 fully saturated rings. The molecule has 0 aliphatic carbocycles. The molecule has 1 aliphatic rings. The third-order valence-electron chi connectivity index (χ3n) is 5.88. The van der Waals surface area contributed by atoms with E-state index < -0.39 is 0 Å². The van der Waals surface area contributed by atoms with E-state index in [1.54, 1.807) is 12.1 Å². The third kappa shape index (κ3) is 5.89. The summed E-state index contributed by atoms with van der Waals surface area (Å²) < 4.78 is 15.2. The Morgan fingerprint density at radius 2 is 2.00 bits per heavy atom. The first-order valence-corrected chi connectivity index (χ1v) is 10.7. The zero-order valence-corrected chi connectivity index (χ0v) is 17.7. The number of aromatic nitrogens is 2. The number of aryl methyl sites for hydroxylation is 1. The molecule has 28 heavy (non-hydrogen) atoms. The molecule has 5 heteroatoms. The van der Waals surface area contributed by atoms with Gasteiger partial charge >= 0.3 is 0 Å². The van der Waals surface area contributed by atoms with Gasteiger partial charge in [-0.25, -0.2) is 4.39 Å². The van der Waals surface area contributed by atoms with E-state index in [4.69, 9.17) is 0 Å². The molecule has 1 atom stereocenters. The van der Waals surface area contributed by atoms with Crippen molar-refractivity contribution in [1.29, 1.82) is 0 Å². The fraction of sp³-hybridized carbons (Fsp3) is 0.609. The summed E-state index contributed by atoms with van der Waals surface area (Å²) in [7, 11) is 2.23. The Morgan fingerprint density at radius 3 is 2.75 bits per heavy atom. The first kappa shape index (κ1) is 21.0. The summed E-state index contributed by atoms with van der Waals surface area (Å²) in [6.45, 7) is 10.9. The average Bonchev–Trinajstić information content (AvgIpc) is 3.02. The van der Waals surface area contributed by atoms with E-state index >= 15 is 0 Å². The topological polar surface area (TPSA) is 24.3 Å². The van der Waals surface area contributed by atoms with Gasteiger partial charge in [0, 0.05) is 44.0 Å². The van der Waals surface area contributed by atoms with Crippen molar-refractivity contribution in [3.63, 3.8) is 0 Å². The summed E-state index contributed by atoms with van der Waals surface area (Å²) in [5.74, 6) is 0.568. The summed E-state index contributed by atoms with van der Waals surface area (Å²) in [5.41, 5.74) is 3.87. The molecule has 1 aromatic heterocycles. The van der Waals surface area contributed by atoms with Crippen LogP contribution < -0.4 is 0 Å². The standard InChI is InChI=1S/C23H35FN4/c1-4-12-28-19(2)22(15-25-28)18-26(3)16-21-6-5-13-27(17-21)14-11-20-7-9-23(24)10-8-20/h7-10,15,21H,4-6,11-14,16-18H2,1-3H3. The highest BCUT2D eigenvalue weighted by molar-refractivity contribution is 5.17. The predicted molar refractivity (Wildman–Crippen MR) is 113 cm³/mol. The lowest BCUT2D eigenvalue weighted by Gasteiger charge is -2.34. The van der Waals surface area contributed by atoms with Crippen molar-refractivity contribution in [3.8, 4) is 0 Å². The van der Waals surface area contributed by atoms with Crippen molar-refractivity contribution in [2.75, 3.05) is 33.2 Å². The monoisotopic (exact) mass is 386 g/mol. The maximum absolute atomic E-state index is 13.1. The Hall–Kier alpha value is -1.72. The molecular weight excluding hydrogens is 351 g/mol. The molecule has 2 aromatic rings.